The van der Waals surface area contributed by atoms with Gasteiger partial charge in [-0.05, 0) is 74.7 Å². The van der Waals surface area contributed by atoms with Gasteiger partial charge >= 0.3 is 5.97 Å². The van der Waals surface area contributed by atoms with Crippen molar-refractivity contribution in [2.45, 2.75) is 45.2 Å². The number of nitrogens with one attached hydrogen (secondary N) is 1. The molecule has 0 radical (unpaired) electrons. The maximum atomic E-state index is 13.9. The molecule has 1 saturated heterocycles. The highest BCUT2D eigenvalue weighted by molar-refractivity contribution is 6.30. The normalized spacial score (nSPS) is 14.3. The zero-order valence-corrected chi connectivity index (χ0v) is 20.5. The average molecular weight is 483 g/mol. The van der Waals surface area contributed by atoms with Gasteiger partial charge in [0.2, 0.25) is 0 Å². The van der Waals surface area contributed by atoms with Gasteiger partial charge in [0.25, 0.3) is 5.91 Å². The highest BCUT2D eigenvalue weighted by Crippen LogP contribution is 2.23. The molecule has 1 aromatic heterocycles. The van der Waals surface area contributed by atoms with Gasteiger partial charge in [-0.3, -0.25) is 4.79 Å². The van der Waals surface area contributed by atoms with Gasteiger partial charge in [0.15, 0.2) is 5.82 Å². The maximum Gasteiger partial charge on any atom is 0.337 e. The van der Waals surface area contributed by atoms with E-state index in [0.29, 0.717) is 41.4 Å². The Hall–Kier alpha value is -2.90. The zero-order valence-electron chi connectivity index (χ0n) is 19.7. The Bertz CT molecular complexity index is 1150. The van der Waals surface area contributed by atoms with Crippen molar-refractivity contribution in [2.75, 3.05) is 26.7 Å². The van der Waals surface area contributed by atoms with Crippen LogP contribution >= 0.6 is 11.6 Å². The molecule has 8 heteroatoms. The van der Waals surface area contributed by atoms with E-state index in [-0.39, 0.29) is 11.9 Å². The number of imidazole rings is 1. The van der Waals surface area contributed by atoms with Crippen LogP contribution in [-0.4, -0.2) is 59.1 Å². The van der Waals surface area contributed by atoms with Crippen molar-refractivity contribution in [3.63, 3.8) is 0 Å². The average Bonchev–Trinajstić information content (AvgIpc) is 3.24. The number of aryl methyl sites for hydroxylation is 2. The van der Waals surface area contributed by atoms with Gasteiger partial charge in [-0.15, -0.1) is 0 Å². The minimum Gasteiger partial charge on any atom is -0.465 e. The Morgan fingerprint density at radius 1 is 1.18 bits per heavy atom. The van der Waals surface area contributed by atoms with Crippen molar-refractivity contribution in [3.05, 3.63) is 64.4 Å². The number of aromatic nitrogens is 2. The summed E-state index contributed by atoms with van der Waals surface area (Å²) in [6.45, 7) is 5.15. The van der Waals surface area contributed by atoms with Crippen LogP contribution in [0.15, 0.2) is 42.5 Å². The fraction of sp³-hybridized carbons (Fsp3) is 0.423. The van der Waals surface area contributed by atoms with Crippen LogP contribution in [0, 0.1) is 0 Å². The van der Waals surface area contributed by atoms with E-state index in [2.05, 4.69) is 12.2 Å². The number of rotatable bonds is 8. The van der Waals surface area contributed by atoms with Crippen LogP contribution in [0.2, 0.25) is 5.02 Å². The molecule has 34 heavy (non-hydrogen) atoms. The maximum absolute atomic E-state index is 13.9. The number of halogens is 1. The number of benzene rings is 2. The van der Waals surface area contributed by atoms with Gasteiger partial charge < -0.3 is 19.5 Å². The summed E-state index contributed by atoms with van der Waals surface area (Å²) >= 11 is 6.04. The van der Waals surface area contributed by atoms with Gasteiger partial charge in [-0.25, -0.2) is 9.78 Å². The third-order valence-electron chi connectivity index (χ3n) is 6.37. The molecule has 1 aliphatic heterocycles. The summed E-state index contributed by atoms with van der Waals surface area (Å²) in [6.07, 6.45) is 3.45. The summed E-state index contributed by atoms with van der Waals surface area (Å²) in [4.78, 5) is 32.8. The molecule has 0 bridgehead atoms. The first-order chi connectivity index (χ1) is 16.5. The number of fused-ring (bicyclic) bond motifs is 1. The van der Waals surface area contributed by atoms with Gasteiger partial charge in [-0.2, -0.15) is 0 Å². The number of carbonyl (C=O) groups excluding carboxylic acids is 2. The number of hydrogen-bond acceptors (Lipinski definition) is 5. The van der Waals surface area contributed by atoms with Crippen molar-refractivity contribution < 1.29 is 14.3 Å². The van der Waals surface area contributed by atoms with E-state index in [1.807, 2.05) is 33.7 Å². The Morgan fingerprint density at radius 3 is 2.59 bits per heavy atom. The van der Waals surface area contributed by atoms with Crippen molar-refractivity contribution in [1.29, 1.82) is 0 Å². The van der Waals surface area contributed by atoms with Crippen LogP contribution in [0.25, 0.3) is 11.0 Å². The van der Waals surface area contributed by atoms with Crippen LogP contribution in [0.1, 0.15) is 52.7 Å². The SMILES string of the molecule is CCCN(C(=O)c1nc2ccc(C(=O)OC)cc2n1CCc1ccc(Cl)cc1)C1CCNCC1. The number of piperidine rings is 1. The molecule has 2 heterocycles. The summed E-state index contributed by atoms with van der Waals surface area (Å²) in [5.41, 5.74) is 2.98. The van der Waals surface area contributed by atoms with Crippen LogP contribution in [-0.2, 0) is 17.7 Å². The summed E-state index contributed by atoms with van der Waals surface area (Å²) < 4.78 is 6.85. The van der Waals surface area contributed by atoms with Crippen molar-refractivity contribution in [2.24, 2.45) is 0 Å². The second-order valence-electron chi connectivity index (χ2n) is 8.64. The van der Waals surface area contributed by atoms with Crippen LogP contribution < -0.4 is 5.32 Å². The number of methoxy groups -OCH3 is 1. The topological polar surface area (TPSA) is 76.5 Å². The predicted molar refractivity (Wildman–Crippen MR) is 133 cm³/mol. The van der Waals surface area contributed by atoms with Gasteiger partial charge in [0.05, 0.1) is 23.7 Å². The van der Waals surface area contributed by atoms with E-state index >= 15 is 0 Å². The summed E-state index contributed by atoms with van der Waals surface area (Å²) in [5.74, 6) is -0.0545. The predicted octanol–water partition coefficient (Wildman–Crippen LogP) is 4.32. The Kier molecular flexibility index (Phi) is 7.85. The summed E-state index contributed by atoms with van der Waals surface area (Å²) in [5, 5.41) is 4.06. The molecule has 1 fully saturated rings. The lowest BCUT2D eigenvalue weighted by Gasteiger charge is -2.34. The molecule has 2 aromatic carbocycles. The van der Waals surface area contributed by atoms with Crippen LogP contribution in [0.3, 0.4) is 0 Å². The van der Waals surface area contributed by atoms with E-state index in [1.54, 1.807) is 18.2 Å². The second-order valence-corrected chi connectivity index (χ2v) is 9.07. The number of ether oxygens (including phenoxy) is 1. The number of carbonyl (C=O) groups is 2. The van der Waals surface area contributed by atoms with Crippen LogP contribution in [0.4, 0.5) is 0 Å². The smallest absolute Gasteiger partial charge is 0.337 e. The molecule has 1 aliphatic rings. The third-order valence-corrected chi connectivity index (χ3v) is 6.62. The molecule has 0 atom stereocenters. The number of esters is 1. The first kappa shape index (κ1) is 24.2. The fourth-order valence-corrected chi connectivity index (χ4v) is 4.71. The number of amides is 1. The second kappa shape index (κ2) is 11.0. The van der Waals surface area contributed by atoms with Gasteiger partial charge in [-0.1, -0.05) is 30.7 Å². The lowest BCUT2D eigenvalue weighted by atomic mass is 10.0. The summed E-state index contributed by atoms with van der Waals surface area (Å²) in [7, 11) is 1.36. The van der Waals surface area contributed by atoms with E-state index in [4.69, 9.17) is 21.3 Å². The van der Waals surface area contributed by atoms with Crippen LogP contribution in [0.5, 0.6) is 0 Å². The van der Waals surface area contributed by atoms with Crippen molar-refractivity contribution in [3.8, 4) is 0 Å². The van der Waals surface area contributed by atoms with E-state index in [1.165, 1.54) is 7.11 Å². The van der Waals surface area contributed by atoms with Crippen molar-refractivity contribution >= 4 is 34.5 Å². The van der Waals surface area contributed by atoms with Crippen molar-refractivity contribution in [1.82, 2.24) is 19.8 Å². The molecular formula is C26H31ClN4O3. The molecule has 0 saturated carbocycles. The molecule has 0 spiro atoms. The van der Waals surface area contributed by atoms with Gasteiger partial charge in [0.1, 0.15) is 0 Å². The molecule has 0 aliphatic carbocycles. The van der Waals surface area contributed by atoms with E-state index in [0.717, 1.165) is 43.4 Å². The lowest BCUT2D eigenvalue weighted by molar-refractivity contribution is 0.0599. The van der Waals surface area contributed by atoms with Gasteiger partial charge in [0, 0.05) is 24.2 Å². The fourth-order valence-electron chi connectivity index (χ4n) is 4.59. The summed E-state index contributed by atoms with van der Waals surface area (Å²) in [6, 6.07) is 13.1. The molecule has 1 N–H and O–H groups in total. The monoisotopic (exact) mass is 482 g/mol. The molecule has 0 unspecified atom stereocenters. The third kappa shape index (κ3) is 5.26. The first-order valence-corrected chi connectivity index (χ1v) is 12.2. The standard InChI is InChI=1S/C26H31ClN4O3/c1-3-15-30(21-10-13-28-14-11-21)25(32)24-29-22-9-6-19(26(33)34-2)17-23(22)31(24)16-12-18-4-7-20(27)8-5-18/h4-9,17,21,28H,3,10-16H2,1-2H3. The Labute approximate surface area is 205 Å². The lowest BCUT2D eigenvalue weighted by Crippen LogP contribution is -2.47. The molecule has 4 rings (SSSR count). The zero-order chi connectivity index (χ0) is 24.1. The molecular weight excluding hydrogens is 452 g/mol. The van der Waals surface area contributed by atoms with E-state index in [9.17, 15) is 9.59 Å². The molecule has 3 aromatic rings. The first-order valence-electron chi connectivity index (χ1n) is 11.9. The molecule has 1 amide bonds. The highest BCUT2D eigenvalue weighted by atomic mass is 35.5. The largest absolute Gasteiger partial charge is 0.465 e. The molecule has 180 valence electrons. The number of nitrogens with zero attached hydrogens (tertiary/aromatic N) is 3. The Morgan fingerprint density at radius 2 is 1.91 bits per heavy atom. The Balaban J connectivity index is 1.73. The number of hydrogen-bond donors (Lipinski definition) is 1. The molecule has 7 nitrogen and oxygen atoms in total. The minimum absolute atomic E-state index is 0.0549. The van der Waals surface area contributed by atoms with E-state index < -0.39 is 5.97 Å². The highest BCUT2D eigenvalue weighted by Gasteiger charge is 2.29. The minimum atomic E-state index is -0.414. The quantitative estimate of drug-likeness (QED) is 0.484.